The molecule has 252 valence electrons. The number of nitrogens with one attached hydrogen (secondary N) is 1. The zero-order valence-corrected chi connectivity index (χ0v) is 28.9. The van der Waals surface area contributed by atoms with Crippen LogP contribution in [0.15, 0.2) is 115 Å². The molecule has 1 aliphatic rings. The summed E-state index contributed by atoms with van der Waals surface area (Å²) in [6.07, 6.45) is 2.69. The van der Waals surface area contributed by atoms with E-state index in [1.165, 1.54) is 40.8 Å². The molecule has 1 saturated heterocycles. The molecule has 6 rings (SSSR count). The molecule has 0 saturated carbocycles. The Labute approximate surface area is 294 Å². The maximum absolute atomic E-state index is 13.2. The predicted molar refractivity (Wildman–Crippen MR) is 198 cm³/mol. The number of carbonyl (C=O) groups is 1. The van der Waals surface area contributed by atoms with Crippen LogP contribution in [0.3, 0.4) is 0 Å². The summed E-state index contributed by atoms with van der Waals surface area (Å²) < 4.78 is 13.8. The number of benzene rings is 4. The third-order valence-electron chi connectivity index (χ3n) is 9.34. The normalized spacial score (nSPS) is 16.3. The van der Waals surface area contributed by atoms with Crippen molar-refractivity contribution in [2.24, 2.45) is 0 Å². The number of nitrogens with zero attached hydrogens (tertiary/aromatic N) is 2. The summed E-state index contributed by atoms with van der Waals surface area (Å²) in [4.78, 5) is 15.7. The van der Waals surface area contributed by atoms with E-state index >= 15 is 0 Å². The predicted octanol–water partition coefficient (Wildman–Crippen LogP) is 7.52. The number of methoxy groups -OCH3 is 2. The molecule has 2 atom stereocenters. The van der Waals surface area contributed by atoms with Gasteiger partial charge in [0.2, 0.25) is 11.4 Å². The number of halogens is 1. The number of nitrogens with two attached hydrogens (primary N) is 1. The van der Waals surface area contributed by atoms with Crippen molar-refractivity contribution >= 4 is 23.2 Å². The molecule has 3 N–H and O–H groups in total. The molecule has 8 heteroatoms. The van der Waals surface area contributed by atoms with Crippen molar-refractivity contribution in [2.75, 3.05) is 39.6 Å². The summed E-state index contributed by atoms with van der Waals surface area (Å²) >= 11 is 6.22. The summed E-state index contributed by atoms with van der Waals surface area (Å²) in [5.74, 6) is 0.141. The van der Waals surface area contributed by atoms with Crippen molar-refractivity contribution in [3.63, 3.8) is 0 Å². The van der Waals surface area contributed by atoms with Crippen molar-refractivity contribution in [3.05, 3.63) is 126 Å². The number of amides is 1. The fraction of sp³-hybridized carbons (Fsp3) is 0.268. The summed E-state index contributed by atoms with van der Waals surface area (Å²) in [5.41, 5.74) is 13.9. The molecule has 49 heavy (non-hydrogen) atoms. The van der Waals surface area contributed by atoms with E-state index < -0.39 is 0 Å². The SMILES string of the molecule is COc1cc(N)c(Cl)cc1C(=O)NC1CCN(CCCC[n+]2c(-c3ccccc3)cc(-c3ccccc3)cc2-c2ccccc2)CC1OC. The molecule has 1 aromatic heterocycles. The molecule has 2 unspecified atom stereocenters. The Bertz CT molecular complexity index is 1790. The van der Waals surface area contributed by atoms with Crippen LogP contribution in [0.4, 0.5) is 5.69 Å². The van der Waals surface area contributed by atoms with E-state index in [1.807, 2.05) is 0 Å². The Hall–Kier alpha value is -4.69. The second-order valence-corrected chi connectivity index (χ2v) is 12.9. The Morgan fingerprint density at radius 2 is 1.43 bits per heavy atom. The van der Waals surface area contributed by atoms with Gasteiger partial charge < -0.3 is 25.4 Å². The molecule has 1 aliphatic heterocycles. The van der Waals surface area contributed by atoms with Crippen LogP contribution in [0, 0.1) is 0 Å². The Morgan fingerprint density at radius 1 is 0.837 bits per heavy atom. The number of rotatable bonds is 12. The number of ether oxygens (including phenoxy) is 2. The van der Waals surface area contributed by atoms with Crippen LogP contribution in [-0.4, -0.2) is 56.8 Å². The van der Waals surface area contributed by atoms with Gasteiger partial charge in [-0.15, -0.1) is 0 Å². The van der Waals surface area contributed by atoms with Crippen LogP contribution in [0.1, 0.15) is 29.6 Å². The minimum atomic E-state index is -0.252. The van der Waals surface area contributed by atoms with Crippen molar-refractivity contribution in [3.8, 4) is 39.4 Å². The van der Waals surface area contributed by atoms with Crippen LogP contribution < -0.4 is 20.4 Å². The van der Waals surface area contributed by atoms with Gasteiger partial charge in [0.15, 0.2) is 0 Å². The molecule has 0 spiro atoms. The zero-order chi connectivity index (χ0) is 34.2. The fourth-order valence-corrected chi connectivity index (χ4v) is 6.87. The largest absolute Gasteiger partial charge is 0.496 e. The third-order valence-corrected chi connectivity index (χ3v) is 9.67. The lowest BCUT2D eigenvalue weighted by Crippen LogP contribution is -2.55. The fourth-order valence-electron chi connectivity index (χ4n) is 6.71. The molecular formula is C41H44ClN4O3+. The highest BCUT2D eigenvalue weighted by Gasteiger charge is 2.31. The maximum atomic E-state index is 13.2. The number of pyridine rings is 1. The first-order valence-electron chi connectivity index (χ1n) is 16.9. The molecule has 0 aliphatic carbocycles. The van der Waals surface area contributed by atoms with E-state index in [9.17, 15) is 4.79 Å². The van der Waals surface area contributed by atoms with E-state index in [1.54, 1.807) is 19.2 Å². The van der Waals surface area contributed by atoms with E-state index in [0.717, 1.165) is 45.4 Å². The molecule has 5 aromatic rings. The second kappa shape index (κ2) is 16.1. The maximum Gasteiger partial charge on any atom is 0.255 e. The van der Waals surface area contributed by atoms with E-state index in [-0.39, 0.29) is 18.1 Å². The topological polar surface area (TPSA) is 80.7 Å². The lowest BCUT2D eigenvalue weighted by Gasteiger charge is -2.38. The number of piperidine rings is 1. The van der Waals surface area contributed by atoms with E-state index in [2.05, 4.69) is 118 Å². The lowest BCUT2D eigenvalue weighted by molar-refractivity contribution is -0.675. The first kappa shape index (κ1) is 34.2. The molecule has 1 amide bonds. The first-order chi connectivity index (χ1) is 23.9. The molecule has 4 aromatic carbocycles. The van der Waals surface area contributed by atoms with Crippen LogP contribution in [-0.2, 0) is 11.3 Å². The monoisotopic (exact) mass is 675 g/mol. The molecular weight excluding hydrogens is 632 g/mol. The van der Waals surface area contributed by atoms with Gasteiger partial charge in [-0.2, -0.15) is 4.57 Å². The summed E-state index contributed by atoms with van der Waals surface area (Å²) in [5, 5.41) is 3.47. The number of unbranched alkanes of at least 4 members (excludes halogenated alkanes) is 1. The summed E-state index contributed by atoms with van der Waals surface area (Å²) in [6.45, 7) is 3.44. The average Bonchev–Trinajstić information content (AvgIpc) is 3.15. The zero-order valence-electron chi connectivity index (χ0n) is 28.1. The summed E-state index contributed by atoms with van der Waals surface area (Å²) in [6, 6.07) is 39.6. The van der Waals surface area contributed by atoms with E-state index in [4.69, 9.17) is 26.8 Å². The molecule has 1 fully saturated rings. The lowest BCUT2D eigenvalue weighted by atomic mass is 9.98. The second-order valence-electron chi connectivity index (χ2n) is 12.5. The van der Waals surface area contributed by atoms with Crippen LogP contribution >= 0.6 is 11.6 Å². The van der Waals surface area contributed by atoms with Crippen molar-refractivity contribution in [2.45, 2.75) is 38.0 Å². The highest BCUT2D eigenvalue weighted by atomic mass is 35.5. The minimum Gasteiger partial charge on any atom is -0.496 e. The first-order valence-corrected chi connectivity index (χ1v) is 17.3. The van der Waals surface area contributed by atoms with Gasteiger partial charge in [0.25, 0.3) is 5.91 Å². The van der Waals surface area contributed by atoms with Crippen molar-refractivity contribution < 1.29 is 18.8 Å². The highest BCUT2D eigenvalue weighted by Crippen LogP contribution is 2.31. The van der Waals surface area contributed by atoms with Crippen LogP contribution in [0.2, 0.25) is 5.02 Å². The van der Waals surface area contributed by atoms with Gasteiger partial charge in [-0.3, -0.25) is 4.79 Å². The Morgan fingerprint density at radius 3 is 2.00 bits per heavy atom. The van der Waals surface area contributed by atoms with Gasteiger partial charge in [0.05, 0.1) is 35.5 Å². The highest BCUT2D eigenvalue weighted by molar-refractivity contribution is 6.33. The number of nitrogen functional groups attached to an aromatic ring is 1. The van der Waals surface area contributed by atoms with Gasteiger partial charge in [0, 0.05) is 55.9 Å². The number of hydrogen-bond donors (Lipinski definition) is 2. The smallest absolute Gasteiger partial charge is 0.255 e. The number of hydrogen-bond acceptors (Lipinski definition) is 5. The van der Waals surface area contributed by atoms with Crippen molar-refractivity contribution in [1.29, 1.82) is 0 Å². The van der Waals surface area contributed by atoms with Gasteiger partial charge in [0.1, 0.15) is 12.3 Å². The molecule has 0 radical (unpaired) electrons. The minimum absolute atomic E-state index is 0.129. The van der Waals surface area contributed by atoms with Gasteiger partial charge in [-0.25, -0.2) is 0 Å². The third kappa shape index (κ3) is 8.14. The number of likely N-dealkylation sites (tertiary alicyclic amines) is 1. The average molecular weight is 676 g/mol. The number of carbonyl (C=O) groups excluding carboxylic acids is 1. The van der Waals surface area contributed by atoms with Gasteiger partial charge in [-0.1, -0.05) is 78.3 Å². The van der Waals surface area contributed by atoms with Crippen LogP contribution in [0.25, 0.3) is 33.6 Å². The quantitative estimate of drug-likeness (QED) is 0.0813. The van der Waals surface area contributed by atoms with Gasteiger partial charge in [-0.05, 0) is 60.8 Å². The molecule has 2 heterocycles. The van der Waals surface area contributed by atoms with Crippen molar-refractivity contribution in [1.82, 2.24) is 10.2 Å². The van der Waals surface area contributed by atoms with E-state index in [0.29, 0.717) is 22.0 Å². The van der Waals surface area contributed by atoms with Crippen LogP contribution in [0.5, 0.6) is 5.75 Å². The number of aromatic nitrogens is 1. The Balaban J connectivity index is 1.15. The number of anilines is 1. The summed E-state index contributed by atoms with van der Waals surface area (Å²) in [7, 11) is 3.22. The standard InChI is InChI=1S/C41H43ClN4O3/c1-48-39-27-35(43)34(42)26-33(39)41(47)44-36-20-23-45(28-40(36)49-2)21-12-13-22-46-37(30-16-8-4-9-17-30)24-32(29-14-6-3-7-15-29)25-38(46)31-18-10-5-11-19-31/h3-11,14-19,24-27,36,40H,12-13,20-23,28H2,1-2H3,(H2-,43,44,47)/p+1. The van der Waals surface area contributed by atoms with Gasteiger partial charge >= 0.3 is 0 Å². The molecule has 7 nitrogen and oxygen atoms in total. The Kier molecular flexibility index (Phi) is 11.3. The molecule has 0 bridgehead atoms.